The Kier molecular flexibility index (Phi) is 3.66. The van der Waals surface area contributed by atoms with Crippen molar-refractivity contribution in [2.45, 2.75) is 18.7 Å². The topological polar surface area (TPSA) is 101 Å². The fraction of sp³-hybridized carbons (Fsp3) is 0.500. The van der Waals surface area contributed by atoms with Crippen LogP contribution in [0.3, 0.4) is 0 Å². The number of likely N-dealkylation sites (N-methyl/N-ethyl adjacent to an activating group) is 1. The standard InChI is InChI=1S/C8H12N2O5S/c1-6(8(11)12)10(2)16(13,14)5-7-3-4-15-9-7/h3-4,6H,5H2,1-2H3,(H,11,12). The number of nitrogens with zero attached hydrogens (tertiary/aromatic N) is 2. The number of hydrogen-bond acceptors (Lipinski definition) is 5. The maximum Gasteiger partial charge on any atom is 0.321 e. The van der Waals surface area contributed by atoms with Gasteiger partial charge in [-0.25, -0.2) is 8.42 Å². The van der Waals surface area contributed by atoms with Gasteiger partial charge in [-0.15, -0.1) is 0 Å². The van der Waals surface area contributed by atoms with Crippen LogP contribution in [0.15, 0.2) is 16.9 Å². The van der Waals surface area contributed by atoms with Gasteiger partial charge >= 0.3 is 5.97 Å². The van der Waals surface area contributed by atoms with Crippen LogP contribution in [-0.2, 0) is 20.6 Å². The van der Waals surface area contributed by atoms with Crippen LogP contribution in [0.5, 0.6) is 0 Å². The molecular weight excluding hydrogens is 236 g/mol. The number of carbonyl (C=O) groups is 1. The van der Waals surface area contributed by atoms with E-state index < -0.39 is 22.0 Å². The van der Waals surface area contributed by atoms with Crippen molar-refractivity contribution in [2.24, 2.45) is 0 Å². The van der Waals surface area contributed by atoms with Gasteiger partial charge in [-0.3, -0.25) is 4.79 Å². The summed E-state index contributed by atoms with van der Waals surface area (Å²) in [5, 5.41) is 12.2. The lowest BCUT2D eigenvalue weighted by Crippen LogP contribution is -2.40. The Morgan fingerprint density at radius 2 is 2.31 bits per heavy atom. The number of aliphatic carboxylic acids is 1. The van der Waals surface area contributed by atoms with E-state index in [0.29, 0.717) is 0 Å². The molecule has 7 nitrogen and oxygen atoms in total. The number of aromatic nitrogens is 1. The second kappa shape index (κ2) is 4.62. The third-order valence-corrected chi connectivity index (χ3v) is 4.02. The van der Waals surface area contributed by atoms with Crippen LogP contribution >= 0.6 is 0 Å². The number of carboxylic acids is 1. The molecule has 0 aliphatic carbocycles. The number of rotatable bonds is 5. The van der Waals surface area contributed by atoms with Crippen molar-refractivity contribution in [2.75, 3.05) is 7.05 Å². The summed E-state index contributed by atoms with van der Waals surface area (Å²) in [4.78, 5) is 10.6. The summed E-state index contributed by atoms with van der Waals surface area (Å²) in [6, 6.07) is 0.300. The molecule has 1 heterocycles. The van der Waals surface area contributed by atoms with Gasteiger partial charge in [-0.05, 0) is 6.92 Å². The number of carboxylic acid groups (broad SMARTS) is 1. The highest BCUT2D eigenvalue weighted by Crippen LogP contribution is 2.10. The summed E-state index contributed by atoms with van der Waals surface area (Å²) in [5.74, 6) is -1.58. The van der Waals surface area contributed by atoms with Gasteiger partial charge in [-0.1, -0.05) is 5.16 Å². The molecule has 1 aromatic rings. The van der Waals surface area contributed by atoms with Crippen molar-refractivity contribution in [3.05, 3.63) is 18.0 Å². The maximum absolute atomic E-state index is 11.7. The molecular formula is C8H12N2O5S. The first-order valence-corrected chi connectivity index (χ1v) is 6.03. The molecule has 0 aliphatic heterocycles. The Balaban J connectivity index is 2.82. The first-order chi connectivity index (χ1) is 7.34. The largest absolute Gasteiger partial charge is 0.480 e. The van der Waals surface area contributed by atoms with Crippen molar-refractivity contribution < 1.29 is 22.8 Å². The molecule has 1 N–H and O–H groups in total. The molecule has 0 spiro atoms. The molecule has 0 bridgehead atoms. The van der Waals surface area contributed by atoms with Gasteiger partial charge < -0.3 is 9.63 Å². The van der Waals surface area contributed by atoms with E-state index in [2.05, 4.69) is 9.68 Å². The highest BCUT2D eigenvalue weighted by atomic mass is 32.2. The third kappa shape index (κ3) is 2.80. The Bertz CT molecular complexity index is 453. The zero-order chi connectivity index (χ0) is 12.3. The van der Waals surface area contributed by atoms with Crippen LogP contribution < -0.4 is 0 Å². The van der Waals surface area contributed by atoms with Gasteiger partial charge in [0.15, 0.2) is 0 Å². The van der Waals surface area contributed by atoms with Crippen molar-refractivity contribution in [3.8, 4) is 0 Å². The third-order valence-electron chi connectivity index (χ3n) is 2.16. The summed E-state index contributed by atoms with van der Waals surface area (Å²) >= 11 is 0. The predicted octanol–water partition coefficient (Wildman–Crippen LogP) is -0.0907. The van der Waals surface area contributed by atoms with Crippen LogP contribution in [-0.4, -0.2) is 42.0 Å². The average molecular weight is 248 g/mol. The SMILES string of the molecule is CC(C(=O)O)N(C)S(=O)(=O)Cc1ccon1. The first-order valence-electron chi connectivity index (χ1n) is 4.42. The van der Waals surface area contributed by atoms with Crippen molar-refractivity contribution in [1.29, 1.82) is 0 Å². The molecule has 90 valence electrons. The van der Waals surface area contributed by atoms with Crippen molar-refractivity contribution >= 4 is 16.0 Å². The van der Waals surface area contributed by atoms with Crippen LogP contribution in [0.2, 0.25) is 0 Å². The second-order valence-electron chi connectivity index (χ2n) is 3.28. The average Bonchev–Trinajstić information content (AvgIpc) is 2.67. The molecule has 1 atom stereocenters. The number of hydrogen-bond donors (Lipinski definition) is 1. The van der Waals surface area contributed by atoms with Crippen molar-refractivity contribution in [1.82, 2.24) is 9.46 Å². The summed E-state index contributed by atoms with van der Waals surface area (Å²) < 4.78 is 28.7. The van der Waals surface area contributed by atoms with Gasteiger partial charge in [0.1, 0.15) is 18.1 Å². The van der Waals surface area contributed by atoms with Crippen LogP contribution in [0.4, 0.5) is 0 Å². The number of sulfonamides is 1. The van der Waals surface area contributed by atoms with E-state index in [1.807, 2.05) is 0 Å². The van der Waals surface area contributed by atoms with E-state index in [1.54, 1.807) is 0 Å². The normalized spacial score (nSPS) is 13.9. The lowest BCUT2D eigenvalue weighted by molar-refractivity contribution is -0.140. The molecule has 0 saturated carbocycles. The zero-order valence-electron chi connectivity index (χ0n) is 8.82. The van der Waals surface area contributed by atoms with Gasteiger partial charge in [-0.2, -0.15) is 4.31 Å². The fourth-order valence-electron chi connectivity index (χ4n) is 0.997. The van der Waals surface area contributed by atoms with Crippen LogP contribution in [0.1, 0.15) is 12.6 Å². The van der Waals surface area contributed by atoms with Gasteiger partial charge in [0, 0.05) is 13.1 Å². The highest BCUT2D eigenvalue weighted by molar-refractivity contribution is 7.88. The van der Waals surface area contributed by atoms with E-state index in [1.165, 1.54) is 26.3 Å². The minimum absolute atomic E-state index is 0.240. The Morgan fingerprint density at radius 1 is 1.69 bits per heavy atom. The molecule has 0 aliphatic rings. The van der Waals surface area contributed by atoms with E-state index in [0.717, 1.165) is 4.31 Å². The fourth-order valence-corrected chi connectivity index (χ4v) is 2.30. The van der Waals surface area contributed by atoms with Gasteiger partial charge in [0.25, 0.3) is 0 Å². The van der Waals surface area contributed by atoms with Gasteiger partial charge in [0.05, 0.1) is 5.69 Å². The maximum atomic E-state index is 11.7. The van der Waals surface area contributed by atoms with Crippen molar-refractivity contribution in [3.63, 3.8) is 0 Å². The molecule has 0 aromatic carbocycles. The molecule has 16 heavy (non-hydrogen) atoms. The lowest BCUT2D eigenvalue weighted by atomic mass is 10.4. The summed E-state index contributed by atoms with van der Waals surface area (Å²) in [6.45, 7) is 1.29. The molecule has 0 fully saturated rings. The minimum Gasteiger partial charge on any atom is -0.480 e. The molecule has 1 unspecified atom stereocenters. The zero-order valence-corrected chi connectivity index (χ0v) is 9.64. The van der Waals surface area contributed by atoms with Gasteiger partial charge in [0.2, 0.25) is 10.0 Å². The first kappa shape index (κ1) is 12.7. The molecule has 1 rings (SSSR count). The molecule has 1 aromatic heterocycles. The Morgan fingerprint density at radius 3 is 2.75 bits per heavy atom. The molecule has 0 saturated heterocycles. The van der Waals surface area contributed by atoms with E-state index in [9.17, 15) is 13.2 Å². The molecule has 0 amide bonds. The smallest absolute Gasteiger partial charge is 0.321 e. The van der Waals surface area contributed by atoms with Crippen LogP contribution in [0, 0.1) is 0 Å². The Hall–Kier alpha value is -1.41. The highest BCUT2D eigenvalue weighted by Gasteiger charge is 2.28. The van der Waals surface area contributed by atoms with Crippen LogP contribution in [0.25, 0.3) is 0 Å². The monoisotopic (exact) mass is 248 g/mol. The second-order valence-corrected chi connectivity index (χ2v) is 5.31. The Labute approximate surface area is 92.7 Å². The van der Waals surface area contributed by atoms with E-state index >= 15 is 0 Å². The summed E-state index contributed by atoms with van der Waals surface area (Å²) in [5.41, 5.74) is 0.240. The quantitative estimate of drug-likeness (QED) is 0.781. The molecule has 0 radical (unpaired) electrons. The van der Waals surface area contributed by atoms with E-state index in [-0.39, 0.29) is 11.4 Å². The lowest BCUT2D eigenvalue weighted by Gasteiger charge is -2.20. The summed E-state index contributed by atoms with van der Waals surface area (Å²) in [7, 11) is -2.48. The van der Waals surface area contributed by atoms with E-state index in [4.69, 9.17) is 5.11 Å². The minimum atomic E-state index is -3.70. The molecule has 8 heteroatoms. The summed E-state index contributed by atoms with van der Waals surface area (Å²) in [6.07, 6.45) is 1.26. The predicted molar refractivity (Wildman–Crippen MR) is 54.0 cm³/mol.